The maximum atomic E-state index is 12.1. The second-order valence-corrected chi connectivity index (χ2v) is 4.24. The van der Waals surface area contributed by atoms with Crippen LogP contribution in [0.4, 0.5) is 5.69 Å². The highest BCUT2D eigenvalue weighted by Crippen LogP contribution is 2.27. The number of hydrazine groups is 1. The minimum Gasteiger partial charge on any atom is -0.493 e. The number of ether oxygens (including phenoxy) is 2. The molecule has 0 fully saturated rings. The molecule has 0 heterocycles. The number of para-hydroxylation sites is 1. The largest absolute Gasteiger partial charge is 0.493 e. The third-order valence-corrected chi connectivity index (χ3v) is 2.82. The lowest BCUT2D eigenvalue weighted by Crippen LogP contribution is -2.29. The number of carbonyl (C=O) groups is 1. The van der Waals surface area contributed by atoms with Crippen LogP contribution in [0.2, 0.25) is 0 Å². The minimum atomic E-state index is -0.250. The average molecular weight is 286 g/mol. The summed E-state index contributed by atoms with van der Waals surface area (Å²) in [6.07, 6.45) is 0. The van der Waals surface area contributed by atoms with E-state index in [0.717, 1.165) is 5.69 Å². The Hall–Kier alpha value is -2.69. The van der Waals surface area contributed by atoms with Crippen molar-refractivity contribution in [3.05, 3.63) is 54.1 Å². The number of hydrogen-bond acceptors (Lipinski definition) is 4. The van der Waals surface area contributed by atoms with E-state index in [2.05, 4.69) is 10.9 Å². The average Bonchev–Trinajstić information content (AvgIpc) is 2.54. The number of methoxy groups -OCH3 is 1. The number of amides is 1. The Morgan fingerprint density at radius 2 is 1.86 bits per heavy atom. The first-order chi connectivity index (χ1) is 10.2. The van der Waals surface area contributed by atoms with Crippen molar-refractivity contribution in [2.24, 2.45) is 0 Å². The Kier molecular flexibility index (Phi) is 5.04. The lowest BCUT2D eigenvalue weighted by Gasteiger charge is -2.12. The second-order valence-electron chi connectivity index (χ2n) is 4.24. The van der Waals surface area contributed by atoms with E-state index in [0.29, 0.717) is 23.7 Å². The smallest absolute Gasteiger partial charge is 0.269 e. The van der Waals surface area contributed by atoms with Gasteiger partial charge < -0.3 is 9.47 Å². The van der Waals surface area contributed by atoms with E-state index < -0.39 is 0 Å². The van der Waals surface area contributed by atoms with E-state index in [1.807, 2.05) is 37.3 Å². The van der Waals surface area contributed by atoms with Crippen LogP contribution in [-0.4, -0.2) is 19.6 Å². The van der Waals surface area contributed by atoms with Gasteiger partial charge in [0.05, 0.1) is 19.4 Å². The van der Waals surface area contributed by atoms with Crippen molar-refractivity contribution >= 4 is 11.6 Å². The van der Waals surface area contributed by atoms with Crippen LogP contribution in [0.5, 0.6) is 11.5 Å². The van der Waals surface area contributed by atoms with Crippen molar-refractivity contribution in [3.63, 3.8) is 0 Å². The van der Waals surface area contributed by atoms with Gasteiger partial charge in [0, 0.05) is 5.56 Å². The van der Waals surface area contributed by atoms with Crippen LogP contribution in [0.25, 0.3) is 0 Å². The summed E-state index contributed by atoms with van der Waals surface area (Å²) in [5.41, 5.74) is 6.78. The second kappa shape index (κ2) is 7.19. The zero-order chi connectivity index (χ0) is 15.1. The van der Waals surface area contributed by atoms with Gasteiger partial charge in [0.15, 0.2) is 11.5 Å². The lowest BCUT2D eigenvalue weighted by molar-refractivity contribution is 0.0962. The van der Waals surface area contributed by atoms with Crippen molar-refractivity contribution < 1.29 is 14.3 Å². The third-order valence-electron chi connectivity index (χ3n) is 2.82. The van der Waals surface area contributed by atoms with Crippen molar-refractivity contribution in [2.75, 3.05) is 19.1 Å². The van der Waals surface area contributed by atoms with Crippen molar-refractivity contribution in [2.45, 2.75) is 6.92 Å². The van der Waals surface area contributed by atoms with Gasteiger partial charge in [-0.2, -0.15) is 0 Å². The molecule has 21 heavy (non-hydrogen) atoms. The van der Waals surface area contributed by atoms with Gasteiger partial charge in [0.1, 0.15) is 0 Å². The van der Waals surface area contributed by atoms with E-state index >= 15 is 0 Å². The summed E-state index contributed by atoms with van der Waals surface area (Å²) < 4.78 is 10.6. The molecule has 1 amide bonds. The fourth-order valence-corrected chi connectivity index (χ4v) is 1.81. The fourth-order valence-electron chi connectivity index (χ4n) is 1.81. The van der Waals surface area contributed by atoms with E-state index in [9.17, 15) is 4.79 Å². The van der Waals surface area contributed by atoms with Gasteiger partial charge in [-0.1, -0.05) is 18.2 Å². The molecule has 5 nitrogen and oxygen atoms in total. The maximum absolute atomic E-state index is 12.1. The molecule has 0 unspecified atom stereocenters. The molecule has 0 aliphatic rings. The third kappa shape index (κ3) is 3.89. The van der Waals surface area contributed by atoms with Crippen LogP contribution < -0.4 is 20.3 Å². The highest BCUT2D eigenvalue weighted by Gasteiger charge is 2.10. The molecular formula is C16H18N2O3. The number of benzene rings is 2. The first-order valence-electron chi connectivity index (χ1n) is 6.67. The predicted octanol–water partition coefficient (Wildman–Crippen LogP) is 2.85. The summed E-state index contributed by atoms with van der Waals surface area (Å²) >= 11 is 0. The van der Waals surface area contributed by atoms with Crippen LogP contribution in [0, 0.1) is 0 Å². The molecule has 0 aromatic heterocycles. The van der Waals surface area contributed by atoms with E-state index in [4.69, 9.17) is 9.47 Å². The Balaban J connectivity index is 2.05. The van der Waals surface area contributed by atoms with Crippen LogP contribution in [0.3, 0.4) is 0 Å². The Labute approximate surface area is 123 Å². The SMILES string of the molecule is CCOc1ccc(C(=O)NNc2ccccc2)cc1OC. The van der Waals surface area contributed by atoms with Gasteiger partial charge in [-0.15, -0.1) is 0 Å². The summed E-state index contributed by atoms with van der Waals surface area (Å²) in [6.45, 7) is 2.43. The molecule has 0 radical (unpaired) electrons. The van der Waals surface area contributed by atoms with E-state index in [1.54, 1.807) is 25.3 Å². The highest BCUT2D eigenvalue weighted by molar-refractivity contribution is 5.95. The molecule has 0 saturated heterocycles. The molecule has 2 N–H and O–H groups in total. The van der Waals surface area contributed by atoms with Gasteiger partial charge in [0.2, 0.25) is 0 Å². The topological polar surface area (TPSA) is 59.6 Å². The van der Waals surface area contributed by atoms with E-state index in [-0.39, 0.29) is 5.91 Å². The molecule has 5 heteroatoms. The van der Waals surface area contributed by atoms with Crippen LogP contribution in [-0.2, 0) is 0 Å². The van der Waals surface area contributed by atoms with Gasteiger partial charge in [-0.05, 0) is 37.3 Å². The first kappa shape index (κ1) is 14.7. The number of rotatable bonds is 6. The lowest BCUT2D eigenvalue weighted by atomic mass is 10.2. The standard InChI is InChI=1S/C16H18N2O3/c1-3-21-14-10-9-12(11-15(14)20-2)16(19)18-17-13-7-5-4-6-8-13/h4-11,17H,3H2,1-2H3,(H,18,19). The molecule has 0 atom stereocenters. The van der Waals surface area contributed by atoms with Gasteiger partial charge >= 0.3 is 0 Å². The quantitative estimate of drug-likeness (QED) is 0.802. The normalized spacial score (nSPS) is 9.81. The fraction of sp³-hybridized carbons (Fsp3) is 0.188. The molecule has 2 aromatic carbocycles. The van der Waals surface area contributed by atoms with Crippen molar-refractivity contribution in [1.29, 1.82) is 0 Å². The molecule has 0 spiro atoms. The first-order valence-corrected chi connectivity index (χ1v) is 6.67. The van der Waals surface area contributed by atoms with Gasteiger partial charge in [0.25, 0.3) is 5.91 Å². The van der Waals surface area contributed by atoms with Crippen molar-refractivity contribution in [3.8, 4) is 11.5 Å². The van der Waals surface area contributed by atoms with E-state index in [1.165, 1.54) is 0 Å². The summed E-state index contributed by atoms with van der Waals surface area (Å²) in [7, 11) is 1.54. The molecule has 0 aliphatic heterocycles. The van der Waals surface area contributed by atoms with Gasteiger partial charge in [-0.3, -0.25) is 15.6 Å². The maximum Gasteiger partial charge on any atom is 0.269 e. The molecule has 2 rings (SSSR count). The predicted molar refractivity (Wildman–Crippen MR) is 81.7 cm³/mol. The molecule has 110 valence electrons. The molecule has 0 aliphatic carbocycles. The Morgan fingerprint density at radius 1 is 1.10 bits per heavy atom. The van der Waals surface area contributed by atoms with Crippen LogP contribution in [0.1, 0.15) is 17.3 Å². The highest BCUT2D eigenvalue weighted by atomic mass is 16.5. The number of nitrogens with one attached hydrogen (secondary N) is 2. The summed E-state index contributed by atoms with van der Waals surface area (Å²) in [5.74, 6) is 0.900. The van der Waals surface area contributed by atoms with Crippen LogP contribution >= 0.6 is 0 Å². The molecular weight excluding hydrogens is 268 g/mol. The number of hydrogen-bond donors (Lipinski definition) is 2. The molecule has 0 bridgehead atoms. The number of anilines is 1. The summed E-state index contributed by atoms with van der Waals surface area (Å²) in [4.78, 5) is 12.1. The minimum absolute atomic E-state index is 0.250. The monoisotopic (exact) mass is 286 g/mol. The molecule has 2 aromatic rings. The van der Waals surface area contributed by atoms with Crippen molar-refractivity contribution in [1.82, 2.24) is 5.43 Å². The Morgan fingerprint density at radius 3 is 2.52 bits per heavy atom. The summed E-state index contributed by atoms with van der Waals surface area (Å²) in [6, 6.07) is 14.5. The summed E-state index contributed by atoms with van der Waals surface area (Å²) in [5, 5.41) is 0. The van der Waals surface area contributed by atoms with Gasteiger partial charge in [-0.25, -0.2) is 0 Å². The zero-order valence-corrected chi connectivity index (χ0v) is 12.1. The molecule has 0 saturated carbocycles. The Bertz CT molecular complexity index is 600. The van der Waals surface area contributed by atoms with Crippen LogP contribution in [0.15, 0.2) is 48.5 Å². The number of carbonyl (C=O) groups excluding carboxylic acids is 1. The zero-order valence-electron chi connectivity index (χ0n) is 12.1.